The number of ether oxygens (including phenoxy) is 1. The summed E-state index contributed by atoms with van der Waals surface area (Å²) in [6, 6.07) is 0.639. The summed E-state index contributed by atoms with van der Waals surface area (Å²) in [6.07, 6.45) is 6.89. The smallest absolute Gasteiger partial charge is 0.227 e. The van der Waals surface area contributed by atoms with Crippen molar-refractivity contribution in [1.29, 1.82) is 0 Å². The SMILES string of the molecule is CNC1COCC1C(=O)NC1C2CC3CC(C2)CC1C3. The van der Waals surface area contributed by atoms with E-state index < -0.39 is 0 Å². The molecule has 20 heavy (non-hydrogen) atoms. The molecule has 0 aromatic heterocycles. The summed E-state index contributed by atoms with van der Waals surface area (Å²) in [7, 11) is 1.92. The average molecular weight is 278 g/mol. The summed E-state index contributed by atoms with van der Waals surface area (Å²) in [6.45, 7) is 1.24. The van der Waals surface area contributed by atoms with Crippen molar-refractivity contribution in [3.05, 3.63) is 0 Å². The van der Waals surface area contributed by atoms with Crippen molar-refractivity contribution < 1.29 is 9.53 Å². The zero-order valence-electron chi connectivity index (χ0n) is 12.3. The Labute approximate surface area is 121 Å². The van der Waals surface area contributed by atoms with Gasteiger partial charge < -0.3 is 15.4 Å². The van der Waals surface area contributed by atoms with Crippen LogP contribution in [0, 0.1) is 29.6 Å². The molecule has 4 bridgehead atoms. The fraction of sp³-hybridized carbons (Fsp3) is 0.938. The maximum atomic E-state index is 12.6. The monoisotopic (exact) mass is 278 g/mol. The summed E-state index contributed by atoms with van der Waals surface area (Å²) in [5.41, 5.74) is 0. The molecule has 4 nitrogen and oxygen atoms in total. The fourth-order valence-corrected chi connectivity index (χ4v) is 5.53. The molecule has 2 N–H and O–H groups in total. The van der Waals surface area contributed by atoms with Crippen molar-refractivity contribution in [3.8, 4) is 0 Å². The van der Waals surface area contributed by atoms with E-state index in [-0.39, 0.29) is 17.9 Å². The summed E-state index contributed by atoms with van der Waals surface area (Å²) in [4.78, 5) is 12.6. The van der Waals surface area contributed by atoms with Gasteiger partial charge in [0.15, 0.2) is 0 Å². The zero-order chi connectivity index (χ0) is 13.7. The molecule has 2 unspecified atom stereocenters. The molecule has 0 spiro atoms. The van der Waals surface area contributed by atoms with Gasteiger partial charge >= 0.3 is 0 Å². The Balaban J connectivity index is 1.43. The van der Waals surface area contributed by atoms with Gasteiger partial charge in [0.25, 0.3) is 0 Å². The summed E-state index contributed by atoms with van der Waals surface area (Å²) >= 11 is 0. The molecule has 0 aromatic carbocycles. The first-order valence-corrected chi connectivity index (χ1v) is 8.30. The first kappa shape index (κ1) is 13.1. The minimum absolute atomic E-state index is 0.00260. The highest BCUT2D eigenvalue weighted by molar-refractivity contribution is 5.80. The Hall–Kier alpha value is -0.610. The predicted octanol–water partition coefficient (Wildman–Crippen LogP) is 1.16. The van der Waals surface area contributed by atoms with Crippen LogP contribution >= 0.6 is 0 Å². The quantitative estimate of drug-likeness (QED) is 0.814. The van der Waals surface area contributed by atoms with Crippen LogP contribution in [0.4, 0.5) is 0 Å². The molecule has 2 atom stereocenters. The lowest BCUT2D eigenvalue weighted by Crippen LogP contribution is -2.57. The van der Waals surface area contributed by atoms with Gasteiger partial charge in [-0.15, -0.1) is 0 Å². The molecule has 1 aliphatic heterocycles. The van der Waals surface area contributed by atoms with Crippen LogP contribution in [0.5, 0.6) is 0 Å². The van der Waals surface area contributed by atoms with Gasteiger partial charge in [-0.1, -0.05) is 0 Å². The Morgan fingerprint density at radius 2 is 1.65 bits per heavy atom. The van der Waals surface area contributed by atoms with Crippen molar-refractivity contribution >= 4 is 5.91 Å². The van der Waals surface area contributed by atoms with Gasteiger partial charge in [-0.2, -0.15) is 0 Å². The third kappa shape index (κ3) is 2.08. The van der Waals surface area contributed by atoms with E-state index in [1.807, 2.05) is 7.05 Å². The molecule has 4 heteroatoms. The maximum Gasteiger partial charge on any atom is 0.227 e. The number of carbonyl (C=O) groups excluding carboxylic acids is 1. The van der Waals surface area contributed by atoms with E-state index in [1.165, 1.54) is 32.1 Å². The van der Waals surface area contributed by atoms with Crippen LogP contribution in [-0.2, 0) is 9.53 Å². The Morgan fingerprint density at radius 3 is 2.25 bits per heavy atom. The van der Waals surface area contributed by atoms with Crippen molar-refractivity contribution in [2.24, 2.45) is 29.6 Å². The molecule has 1 saturated heterocycles. The average Bonchev–Trinajstić information content (AvgIpc) is 2.90. The zero-order valence-corrected chi connectivity index (χ0v) is 12.3. The molecule has 4 aliphatic carbocycles. The molecule has 5 rings (SSSR count). The van der Waals surface area contributed by atoms with Gasteiger partial charge in [0.2, 0.25) is 5.91 Å². The number of rotatable bonds is 3. The van der Waals surface area contributed by atoms with Crippen molar-refractivity contribution in [3.63, 3.8) is 0 Å². The summed E-state index contributed by atoms with van der Waals surface area (Å²) in [5, 5.41) is 6.62. The minimum atomic E-state index is -0.00260. The number of nitrogens with one attached hydrogen (secondary N) is 2. The third-order valence-electron chi connectivity index (χ3n) is 6.32. The van der Waals surface area contributed by atoms with E-state index in [9.17, 15) is 4.79 Å². The molecule has 0 radical (unpaired) electrons. The Bertz CT molecular complexity index is 370. The molecular weight excluding hydrogens is 252 g/mol. The van der Waals surface area contributed by atoms with E-state index in [0.717, 1.165) is 23.7 Å². The molecular formula is C16H26N2O2. The second-order valence-corrected chi connectivity index (χ2v) is 7.50. The number of hydrogen-bond donors (Lipinski definition) is 2. The largest absolute Gasteiger partial charge is 0.379 e. The Morgan fingerprint density at radius 1 is 1.00 bits per heavy atom. The van der Waals surface area contributed by atoms with Crippen LogP contribution in [0.15, 0.2) is 0 Å². The molecule has 5 aliphatic rings. The molecule has 0 aromatic rings. The van der Waals surface area contributed by atoms with Crippen LogP contribution in [0.1, 0.15) is 32.1 Å². The second kappa shape index (κ2) is 4.99. The van der Waals surface area contributed by atoms with Gasteiger partial charge in [-0.05, 0) is 62.8 Å². The summed E-state index contributed by atoms with van der Waals surface area (Å²) in [5.74, 6) is 3.66. The molecule has 112 valence electrons. The van der Waals surface area contributed by atoms with E-state index in [1.54, 1.807) is 0 Å². The van der Waals surface area contributed by atoms with E-state index in [0.29, 0.717) is 19.3 Å². The van der Waals surface area contributed by atoms with Gasteiger partial charge in [0.05, 0.1) is 19.1 Å². The van der Waals surface area contributed by atoms with Crippen molar-refractivity contribution in [2.75, 3.05) is 20.3 Å². The van der Waals surface area contributed by atoms with Crippen LogP contribution in [0.2, 0.25) is 0 Å². The van der Waals surface area contributed by atoms with Gasteiger partial charge in [0.1, 0.15) is 0 Å². The van der Waals surface area contributed by atoms with Crippen LogP contribution in [-0.4, -0.2) is 38.3 Å². The standard InChI is InChI=1S/C16H26N2O2/c1-17-14-8-20-7-13(14)16(19)18-15-11-3-9-2-10(5-11)6-12(15)4-9/h9-15,17H,2-8H2,1H3,(H,18,19). The van der Waals surface area contributed by atoms with Gasteiger partial charge in [0, 0.05) is 12.1 Å². The normalized spacial score (nSPS) is 49.5. The lowest BCUT2D eigenvalue weighted by Gasteiger charge is -2.54. The van der Waals surface area contributed by atoms with Crippen LogP contribution in [0.3, 0.4) is 0 Å². The topological polar surface area (TPSA) is 50.4 Å². The molecule has 1 amide bonds. The second-order valence-electron chi connectivity index (χ2n) is 7.50. The predicted molar refractivity (Wildman–Crippen MR) is 76.1 cm³/mol. The Kier molecular flexibility index (Phi) is 3.26. The number of amides is 1. The van der Waals surface area contributed by atoms with Gasteiger partial charge in [-0.3, -0.25) is 4.79 Å². The number of likely N-dealkylation sites (N-methyl/N-ethyl adjacent to an activating group) is 1. The number of carbonyl (C=O) groups is 1. The minimum Gasteiger partial charge on any atom is -0.379 e. The lowest BCUT2D eigenvalue weighted by atomic mass is 9.54. The first-order valence-electron chi connectivity index (χ1n) is 8.30. The molecule has 1 heterocycles. The molecule has 4 saturated carbocycles. The van der Waals surface area contributed by atoms with Gasteiger partial charge in [-0.25, -0.2) is 0 Å². The fourth-order valence-electron chi connectivity index (χ4n) is 5.53. The van der Waals surface area contributed by atoms with E-state index >= 15 is 0 Å². The summed E-state index contributed by atoms with van der Waals surface area (Å²) < 4.78 is 5.47. The lowest BCUT2D eigenvalue weighted by molar-refractivity contribution is -0.129. The van der Waals surface area contributed by atoms with E-state index in [2.05, 4.69) is 10.6 Å². The van der Waals surface area contributed by atoms with E-state index in [4.69, 9.17) is 4.74 Å². The highest BCUT2D eigenvalue weighted by Crippen LogP contribution is 2.53. The number of hydrogen-bond acceptors (Lipinski definition) is 3. The third-order valence-corrected chi connectivity index (χ3v) is 6.32. The highest BCUT2D eigenvalue weighted by Gasteiger charge is 2.49. The van der Waals surface area contributed by atoms with Crippen molar-refractivity contribution in [2.45, 2.75) is 44.2 Å². The van der Waals surface area contributed by atoms with Crippen LogP contribution in [0.25, 0.3) is 0 Å². The first-order chi connectivity index (χ1) is 9.74. The van der Waals surface area contributed by atoms with Crippen molar-refractivity contribution in [1.82, 2.24) is 10.6 Å². The molecule has 5 fully saturated rings. The maximum absolute atomic E-state index is 12.6. The highest BCUT2D eigenvalue weighted by atomic mass is 16.5. The van der Waals surface area contributed by atoms with Crippen LogP contribution < -0.4 is 10.6 Å².